The van der Waals surface area contributed by atoms with Gasteiger partial charge < -0.3 is 5.32 Å². The van der Waals surface area contributed by atoms with E-state index in [1.165, 1.54) is 6.42 Å². The molecule has 0 radical (unpaired) electrons. The van der Waals surface area contributed by atoms with Crippen LogP contribution in [0.5, 0.6) is 0 Å². The van der Waals surface area contributed by atoms with Crippen LogP contribution in [0.4, 0.5) is 5.69 Å². The van der Waals surface area contributed by atoms with Crippen molar-refractivity contribution >= 4 is 23.2 Å². The summed E-state index contributed by atoms with van der Waals surface area (Å²) in [4.78, 5) is 12.1. The van der Waals surface area contributed by atoms with Crippen LogP contribution in [0.15, 0.2) is 18.2 Å². The lowest BCUT2D eigenvalue weighted by molar-refractivity contribution is -0.120. The lowest BCUT2D eigenvalue weighted by Crippen LogP contribution is -2.21. The third-order valence-electron chi connectivity index (χ3n) is 3.97. The molecule has 3 rings (SSSR count). The first-order valence-electron chi connectivity index (χ1n) is 6.18. The second-order valence-corrected chi connectivity index (χ2v) is 5.63. The predicted octanol–water partition coefficient (Wildman–Crippen LogP) is 3.20. The fourth-order valence-electron chi connectivity index (χ4n) is 2.85. The van der Waals surface area contributed by atoms with Crippen LogP contribution in [0, 0.1) is 29.1 Å². The highest BCUT2D eigenvalue weighted by atomic mass is 35.5. The molecule has 2 aliphatic carbocycles. The molecule has 18 heavy (non-hydrogen) atoms. The number of nitrogens with zero attached hydrogens (tertiary/aromatic N) is 1. The van der Waals surface area contributed by atoms with E-state index in [0.717, 1.165) is 24.7 Å². The van der Waals surface area contributed by atoms with Gasteiger partial charge in [0.15, 0.2) is 0 Å². The number of nitrogens with one attached hydrogen (secondary N) is 1. The van der Waals surface area contributed by atoms with Crippen LogP contribution in [0.1, 0.15) is 24.8 Å². The monoisotopic (exact) mass is 260 g/mol. The van der Waals surface area contributed by atoms with E-state index in [1.807, 2.05) is 6.07 Å². The highest BCUT2D eigenvalue weighted by Crippen LogP contribution is 2.54. The minimum Gasteiger partial charge on any atom is -0.325 e. The molecule has 2 aliphatic rings. The van der Waals surface area contributed by atoms with Crippen LogP contribution in [0.2, 0.25) is 5.02 Å². The number of rotatable bonds is 2. The average molecular weight is 261 g/mol. The molecule has 3 nitrogen and oxygen atoms in total. The number of anilines is 1. The first-order chi connectivity index (χ1) is 8.67. The van der Waals surface area contributed by atoms with Crippen molar-refractivity contribution < 1.29 is 4.79 Å². The van der Waals surface area contributed by atoms with Crippen molar-refractivity contribution in [2.24, 2.45) is 17.8 Å². The Balaban J connectivity index is 1.69. The molecule has 0 spiro atoms. The molecule has 1 N–H and O–H groups in total. The summed E-state index contributed by atoms with van der Waals surface area (Å²) < 4.78 is 0. The van der Waals surface area contributed by atoms with E-state index in [9.17, 15) is 4.79 Å². The molecule has 0 aromatic heterocycles. The van der Waals surface area contributed by atoms with Gasteiger partial charge in [0.25, 0.3) is 0 Å². The number of carbonyl (C=O) groups is 1. The Morgan fingerprint density at radius 3 is 2.67 bits per heavy atom. The normalized spacial score (nSPS) is 28.3. The second-order valence-electron chi connectivity index (χ2n) is 5.22. The summed E-state index contributed by atoms with van der Waals surface area (Å²) in [6.45, 7) is 0. The Morgan fingerprint density at radius 2 is 2.06 bits per heavy atom. The molecular formula is C14H13ClN2O. The molecule has 0 bridgehead atoms. The number of hydrogen-bond donors (Lipinski definition) is 1. The van der Waals surface area contributed by atoms with Gasteiger partial charge in [-0.15, -0.1) is 0 Å². The van der Waals surface area contributed by atoms with Crippen molar-refractivity contribution in [1.82, 2.24) is 0 Å². The number of carbonyl (C=O) groups excluding carboxylic acids is 1. The molecule has 1 aromatic rings. The van der Waals surface area contributed by atoms with Crippen molar-refractivity contribution in [3.05, 3.63) is 28.8 Å². The Labute approximate surface area is 111 Å². The van der Waals surface area contributed by atoms with E-state index < -0.39 is 0 Å². The molecule has 0 saturated heterocycles. The molecule has 92 valence electrons. The SMILES string of the molecule is N#Cc1ccc(NC(=O)C2CC3CC3C2)c(Cl)c1. The zero-order chi connectivity index (χ0) is 12.7. The summed E-state index contributed by atoms with van der Waals surface area (Å²) in [5.41, 5.74) is 1.10. The maximum absolute atomic E-state index is 12.1. The minimum atomic E-state index is 0.0637. The van der Waals surface area contributed by atoms with E-state index in [0.29, 0.717) is 16.3 Å². The van der Waals surface area contributed by atoms with Gasteiger partial charge in [0, 0.05) is 5.92 Å². The topological polar surface area (TPSA) is 52.9 Å². The second kappa shape index (κ2) is 4.29. The molecule has 2 unspecified atom stereocenters. The van der Waals surface area contributed by atoms with Crippen LogP contribution in [-0.2, 0) is 4.79 Å². The van der Waals surface area contributed by atoms with Crippen molar-refractivity contribution in [2.75, 3.05) is 5.32 Å². The van der Waals surface area contributed by atoms with Gasteiger partial charge in [-0.25, -0.2) is 0 Å². The summed E-state index contributed by atoms with van der Waals surface area (Å²) >= 11 is 6.03. The molecule has 1 aromatic carbocycles. The van der Waals surface area contributed by atoms with Crippen molar-refractivity contribution in [1.29, 1.82) is 5.26 Å². The smallest absolute Gasteiger partial charge is 0.227 e. The van der Waals surface area contributed by atoms with Crippen molar-refractivity contribution in [2.45, 2.75) is 19.3 Å². The van der Waals surface area contributed by atoms with Crippen LogP contribution >= 0.6 is 11.6 Å². The molecule has 2 atom stereocenters. The Bertz CT molecular complexity index is 539. The molecule has 1 amide bonds. The molecule has 2 fully saturated rings. The molecule has 2 saturated carbocycles. The van der Waals surface area contributed by atoms with E-state index in [1.54, 1.807) is 18.2 Å². The van der Waals surface area contributed by atoms with Crippen LogP contribution in [0.3, 0.4) is 0 Å². The fraction of sp³-hybridized carbons (Fsp3) is 0.429. The van der Waals surface area contributed by atoms with Crippen LogP contribution in [0.25, 0.3) is 0 Å². The molecule has 4 heteroatoms. The number of fused-ring (bicyclic) bond motifs is 1. The average Bonchev–Trinajstić information content (AvgIpc) is 2.98. The van der Waals surface area contributed by atoms with Gasteiger partial charge in [0.05, 0.1) is 22.3 Å². The number of amides is 1. The minimum absolute atomic E-state index is 0.0637. The van der Waals surface area contributed by atoms with Crippen LogP contribution < -0.4 is 5.32 Å². The standard InChI is InChI=1S/C14H13ClN2O/c15-12-3-8(7-16)1-2-13(12)17-14(18)11-5-9-4-10(9)6-11/h1-3,9-11H,4-6H2,(H,17,18). The van der Waals surface area contributed by atoms with E-state index in [4.69, 9.17) is 16.9 Å². The Kier molecular flexibility index (Phi) is 2.76. The lowest BCUT2D eigenvalue weighted by atomic mass is 10.0. The highest BCUT2D eigenvalue weighted by molar-refractivity contribution is 6.33. The Hall–Kier alpha value is -1.53. The quantitative estimate of drug-likeness (QED) is 0.888. The lowest BCUT2D eigenvalue weighted by Gasteiger charge is -2.13. The van der Waals surface area contributed by atoms with Crippen molar-refractivity contribution in [3.8, 4) is 6.07 Å². The summed E-state index contributed by atoms with van der Waals surface area (Å²) in [5.74, 6) is 1.78. The number of benzene rings is 1. The third kappa shape index (κ3) is 2.09. The number of halogens is 1. The maximum Gasteiger partial charge on any atom is 0.227 e. The van der Waals surface area contributed by atoms with Gasteiger partial charge in [-0.3, -0.25) is 4.79 Å². The van der Waals surface area contributed by atoms with Gasteiger partial charge in [0.1, 0.15) is 0 Å². The highest BCUT2D eigenvalue weighted by Gasteiger charge is 2.47. The summed E-state index contributed by atoms with van der Waals surface area (Å²) in [6.07, 6.45) is 3.34. The summed E-state index contributed by atoms with van der Waals surface area (Å²) in [7, 11) is 0. The van der Waals surface area contributed by atoms with Crippen molar-refractivity contribution in [3.63, 3.8) is 0 Å². The third-order valence-corrected chi connectivity index (χ3v) is 4.28. The number of hydrogen-bond acceptors (Lipinski definition) is 2. The van der Waals surface area contributed by atoms with Gasteiger partial charge in [-0.1, -0.05) is 11.6 Å². The first-order valence-corrected chi connectivity index (χ1v) is 6.55. The fourth-order valence-corrected chi connectivity index (χ4v) is 3.08. The molecule has 0 aliphatic heterocycles. The maximum atomic E-state index is 12.1. The largest absolute Gasteiger partial charge is 0.325 e. The van der Waals surface area contributed by atoms with Gasteiger partial charge in [-0.05, 0) is 49.3 Å². The molecular weight excluding hydrogens is 248 g/mol. The number of nitriles is 1. The van der Waals surface area contributed by atoms with E-state index in [2.05, 4.69) is 5.32 Å². The molecule has 0 heterocycles. The Morgan fingerprint density at radius 1 is 1.33 bits per heavy atom. The summed E-state index contributed by atoms with van der Waals surface area (Å²) in [5, 5.41) is 12.0. The van der Waals surface area contributed by atoms with Gasteiger partial charge in [-0.2, -0.15) is 5.26 Å². The van der Waals surface area contributed by atoms with Gasteiger partial charge >= 0.3 is 0 Å². The van der Waals surface area contributed by atoms with E-state index >= 15 is 0 Å². The zero-order valence-corrected chi connectivity index (χ0v) is 10.6. The zero-order valence-electron chi connectivity index (χ0n) is 9.82. The first kappa shape index (κ1) is 11.6. The summed E-state index contributed by atoms with van der Waals surface area (Å²) in [6, 6.07) is 6.94. The van der Waals surface area contributed by atoms with E-state index in [-0.39, 0.29) is 11.8 Å². The van der Waals surface area contributed by atoms with Gasteiger partial charge in [0.2, 0.25) is 5.91 Å². The van der Waals surface area contributed by atoms with Crippen LogP contribution in [-0.4, -0.2) is 5.91 Å². The predicted molar refractivity (Wildman–Crippen MR) is 69.1 cm³/mol.